The zero-order chi connectivity index (χ0) is 17.8. The highest BCUT2D eigenvalue weighted by molar-refractivity contribution is 6.36. The van der Waals surface area contributed by atoms with Gasteiger partial charge in [-0.15, -0.1) is 0 Å². The summed E-state index contributed by atoms with van der Waals surface area (Å²) in [5.74, 6) is 0.533. The van der Waals surface area contributed by atoms with Crippen LogP contribution >= 0.6 is 46.4 Å². The maximum Gasteiger partial charge on any atom is 0.160 e. The molecule has 0 aliphatic heterocycles. The lowest BCUT2D eigenvalue weighted by Crippen LogP contribution is -1.97. The molecule has 0 N–H and O–H groups in total. The lowest BCUT2D eigenvalue weighted by Gasteiger charge is -2.11. The van der Waals surface area contributed by atoms with Crippen LogP contribution in [0.3, 0.4) is 0 Å². The molecule has 25 heavy (non-hydrogen) atoms. The van der Waals surface area contributed by atoms with Gasteiger partial charge in [-0.1, -0.05) is 52.5 Å². The van der Waals surface area contributed by atoms with E-state index < -0.39 is 0 Å². The fourth-order valence-corrected chi connectivity index (χ4v) is 3.21. The Hall–Kier alpha value is -1.36. The molecule has 0 spiro atoms. The van der Waals surface area contributed by atoms with Crippen LogP contribution in [0, 0.1) is 0 Å². The molecule has 2 aromatic carbocycles. The highest BCUT2D eigenvalue weighted by Crippen LogP contribution is 2.31. The zero-order valence-electron chi connectivity index (χ0n) is 12.8. The van der Waals surface area contributed by atoms with E-state index in [1.807, 2.05) is 12.1 Å². The molecule has 0 fully saturated rings. The summed E-state index contributed by atoms with van der Waals surface area (Å²) in [4.78, 5) is 8.44. The van der Waals surface area contributed by atoms with Crippen molar-refractivity contribution in [2.45, 2.75) is 13.2 Å². The van der Waals surface area contributed by atoms with Gasteiger partial charge in [-0.05, 0) is 41.5 Å². The van der Waals surface area contributed by atoms with Gasteiger partial charge < -0.3 is 4.74 Å². The molecule has 0 saturated heterocycles. The molecule has 1 aromatic heterocycles. The van der Waals surface area contributed by atoms with Crippen LogP contribution in [-0.4, -0.2) is 9.97 Å². The van der Waals surface area contributed by atoms with Gasteiger partial charge in [-0.2, -0.15) is 0 Å². The number of hydrogen-bond acceptors (Lipinski definition) is 3. The summed E-state index contributed by atoms with van der Waals surface area (Å²) >= 11 is 24.6. The average molecular weight is 414 g/mol. The molecule has 3 rings (SSSR count). The Balaban J connectivity index is 1.76. The molecule has 0 unspecified atom stereocenters. The Bertz CT molecular complexity index is 888. The minimum absolute atomic E-state index is 0.300. The predicted octanol–water partition coefficient (Wildman–Crippen LogP) is 6.47. The molecule has 0 atom stereocenters. The molecule has 0 aliphatic carbocycles. The van der Waals surface area contributed by atoms with E-state index in [0.717, 1.165) is 11.1 Å². The van der Waals surface area contributed by atoms with E-state index >= 15 is 0 Å². The van der Waals surface area contributed by atoms with Crippen LogP contribution in [0.25, 0.3) is 11.4 Å². The molecule has 128 valence electrons. The van der Waals surface area contributed by atoms with Crippen LogP contribution in [-0.2, 0) is 18.0 Å². The van der Waals surface area contributed by atoms with Crippen molar-refractivity contribution < 1.29 is 4.74 Å². The van der Waals surface area contributed by atoms with Crippen LogP contribution in [0.2, 0.25) is 20.1 Å². The summed E-state index contributed by atoms with van der Waals surface area (Å²) in [6.45, 7) is 0.640. The third-order valence-electron chi connectivity index (χ3n) is 3.47. The maximum absolute atomic E-state index is 6.27. The van der Waals surface area contributed by atoms with Crippen LogP contribution in [0.15, 0.2) is 48.8 Å². The van der Waals surface area contributed by atoms with Gasteiger partial charge in [0.15, 0.2) is 5.82 Å². The number of benzene rings is 2. The lowest BCUT2D eigenvalue weighted by molar-refractivity contribution is 0.107. The van der Waals surface area contributed by atoms with Crippen LogP contribution in [0.1, 0.15) is 11.1 Å². The third-order valence-corrected chi connectivity index (χ3v) is 4.72. The Kier molecular flexibility index (Phi) is 6.15. The van der Waals surface area contributed by atoms with Crippen molar-refractivity contribution in [2.75, 3.05) is 0 Å². The summed E-state index contributed by atoms with van der Waals surface area (Å²) < 4.78 is 5.74. The van der Waals surface area contributed by atoms with Gasteiger partial charge in [0, 0.05) is 33.0 Å². The Morgan fingerprint density at radius 1 is 0.760 bits per heavy atom. The van der Waals surface area contributed by atoms with Crippen molar-refractivity contribution in [1.29, 1.82) is 0 Å². The van der Waals surface area contributed by atoms with E-state index in [4.69, 9.17) is 51.1 Å². The van der Waals surface area contributed by atoms with Crippen LogP contribution in [0.4, 0.5) is 0 Å². The Morgan fingerprint density at radius 3 is 2.16 bits per heavy atom. The van der Waals surface area contributed by atoms with Gasteiger partial charge in [0.25, 0.3) is 0 Å². The topological polar surface area (TPSA) is 35.0 Å². The minimum atomic E-state index is 0.300. The first-order chi connectivity index (χ1) is 12.0. The lowest BCUT2D eigenvalue weighted by atomic mass is 10.1. The quantitative estimate of drug-likeness (QED) is 0.480. The summed E-state index contributed by atoms with van der Waals surface area (Å²) in [6, 6.07) is 10.5. The molecule has 0 saturated carbocycles. The van der Waals surface area contributed by atoms with Gasteiger partial charge in [-0.25, -0.2) is 9.97 Å². The number of aromatic nitrogens is 2. The van der Waals surface area contributed by atoms with E-state index in [2.05, 4.69) is 9.97 Å². The number of nitrogens with zero attached hydrogens (tertiary/aromatic N) is 2. The molecule has 0 bridgehead atoms. The molecule has 3 aromatic rings. The Labute approximate surface area is 165 Å². The van der Waals surface area contributed by atoms with Crippen molar-refractivity contribution in [1.82, 2.24) is 9.97 Å². The van der Waals surface area contributed by atoms with E-state index in [-0.39, 0.29) is 0 Å². The molecule has 1 heterocycles. The minimum Gasteiger partial charge on any atom is -0.372 e. The van der Waals surface area contributed by atoms with Gasteiger partial charge in [0.05, 0.1) is 18.2 Å². The second-order valence-electron chi connectivity index (χ2n) is 5.22. The number of ether oxygens (including phenoxy) is 1. The highest BCUT2D eigenvalue weighted by Gasteiger charge is 2.12. The SMILES string of the molecule is Clc1ccc(COCc2cc(-c3ncccn3)c(Cl)cc2Cl)c(Cl)c1. The summed E-state index contributed by atoms with van der Waals surface area (Å²) in [7, 11) is 0. The first-order valence-electron chi connectivity index (χ1n) is 7.31. The average Bonchev–Trinajstić information content (AvgIpc) is 2.59. The molecule has 7 heteroatoms. The summed E-state index contributed by atoms with van der Waals surface area (Å²) in [5.41, 5.74) is 2.34. The zero-order valence-corrected chi connectivity index (χ0v) is 15.9. The smallest absolute Gasteiger partial charge is 0.160 e. The van der Waals surface area contributed by atoms with E-state index in [1.165, 1.54) is 0 Å². The second kappa shape index (κ2) is 8.35. The maximum atomic E-state index is 6.27. The van der Waals surface area contributed by atoms with E-state index in [1.54, 1.807) is 36.7 Å². The Morgan fingerprint density at radius 2 is 1.44 bits per heavy atom. The number of rotatable bonds is 5. The van der Waals surface area contributed by atoms with E-state index in [0.29, 0.717) is 44.7 Å². The van der Waals surface area contributed by atoms with Crippen LogP contribution < -0.4 is 0 Å². The molecule has 0 radical (unpaired) electrons. The van der Waals surface area contributed by atoms with Gasteiger partial charge >= 0.3 is 0 Å². The second-order valence-corrected chi connectivity index (χ2v) is 6.88. The molecular weight excluding hydrogens is 402 g/mol. The van der Waals surface area contributed by atoms with Gasteiger partial charge in [0.2, 0.25) is 0 Å². The van der Waals surface area contributed by atoms with E-state index in [9.17, 15) is 0 Å². The van der Waals surface area contributed by atoms with Crippen molar-refractivity contribution >= 4 is 46.4 Å². The third kappa shape index (κ3) is 4.63. The summed E-state index contributed by atoms with van der Waals surface area (Å²) in [6.07, 6.45) is 3.32. The largest absolute Gasteiger partial charge is 0.372 e. The predicted molar refractivity (Wildman–Crippen MR) is 102 cm³/mol. The fraction of sp³-hybridized carbons (Fsp3) is 0.111. The number of hydrogen-bond donors (Lipinski definition) is 0. The van der Waals surface area contributed by atoms with Crippen LogP contribution in [0.5, 0.6) is 0 Å². The highest BCUT2D eigenvalue weighted by atomic mass is 35.5. The first-order valence-corrected chi connectivity index (χ1v) is 8.83. The van der Waals surface area contributed by atoms with Crippen molar-refractivity contribution in [2.24, 2.45) is 0 Å². The first kappa shape index (κ1) is 18.4. The van der Waals surface area contributed by atoms with Crippen molar-refractivity contribution in [3.8, 4) is 11.4 Å². The van der Waals surface area contributed by atoms with Gasteiger partial charge in [-0.3, -0.25) is 0 Å². The molecule has 0 aliphatic rings. The normalized spacial score (nSPS) is 10.9. The molecular formula is C18H12Cl4N2O. The monoisotopic (exact) mass is 412 g/mol. The van der Waals surface area contributed by atoms with Crippen molar-refractivity contribution in [3.63, 3.8) is 0 Å². The fourth-order valence-electron chi connectivity index (χ4n) is 2.22. The molecule has 3 nitrogen and oxygen atoms in total. The van der Waals surface area contributed by atoms with Crippen molar-refractivity contribution in [3.05, 3.63) is 80.0 Å². The standard InChI is InChI=1S/C18H12Cl4N2O/c19-13-3-2-11(15(20)7-13)9-25-10-12-6-14(17(22)8-16(12)21)18-23-4-1-5-24-18/h1-8H,9-10H2. The molecule has 0 amide bonds. The summed E-state index contributed by atoms with van der Waals surface area (Å²) in [5, 5.41) is 2.16. The number of halogens is 4. The van der Waals surface area contributed by atoms with Gasteiger partial charge in [0.1, 0.15) is 0 Å².